The van der Waals surface area contributed by atoms with E-state index < -0.39 is 0 Å². The zero-order valence-corrected chi connectivity index (χ0v) is 9.20. The lowest BCUT2D eigenvalue weighted by molar-refractivity contribution is 0.272. The molecule has 1 nitrogen and oxygen atoms in total. The van der Waals surface area contributed by atoms with Crippen molar-refractivity contribution in [2.45, 2.75) is 44.9 Å². The van der Waals surface area contributed by atoms with Gasteiger partial charge in [0.05, 0.1) is 5.37 Å². The summed E-state index contributed by atoms with van der Waals surface area (Å²) in [5.74, 6) is 1.36. The summed E-state index contributed by atoms with van der Waals surface area (Å²) in [7, 11) is 0. The first-order valence-electron chi connectivity index (χ1n) is 5.24. The van der Waals surface area contributed by atoms with Crippen LogP contribution in [-0.2, 0) is 0 Å². The van der Waals surface area contributed by atoms with E-state index in [1.807, 2.05) is 0 Å². The van der Waals surface area contributed by atoms with Gasteiger partial charge in [0.15, 0.2) is 0 Å². The Morgan fingerprint density at radius 3 is 2.83 bits per heavy atom. The molecule has 1 atom stereocenters. The van der Waals surface area contributed by atoms with Gasteiger partial charge in [-0.2, -0.15) is 0 Å². The molecule has 1 rings (SSSR count). The second-order valence-electron chi connectivity index (χ2n) is 3.50. The van der Waals surface area contributed by atoms with Crippen LogP contribution < -0.4 is 0 Å². The third-order valence-electron chi connectivity index (χ3n) is 2.43. The van der Waals surface area contributed by atoms with Crippen molar-refractivity contribution in [2.75, 3.05) is 18.8 Å². The standard InChI is InChI=1S/C10H21NS/c1-3-5-7-11-8-9-12-10(11)6-4-2/h10H,3-9H2,1-2H3. The SMILES string of the molecule is CCCCN1CCSC1CCC. The molecule has 1 aliphatic rings. The van der Waals surface area contributed by atoms with E-state index in [0.717, 1.165) is 5.37 Å². The van der Waals surface area contributed by atoms with E-state index >= 15 is 0 Å². The highest BCUT2D eigenvalue weighted by atomic mass is 32.2. The maximum Gasteiger partial charge on any atom is 0.0557 e. The van der Waals surface area contributed by atoms with E-state index in [9.17, 15) is 0 Å². The van der Waals surface area contributed by atoms with Gasteiger partial charge < -0.3 is 0 Å². The van der Waals surface area contributed by atoms with Crippen molar-refractivity contribution < 1.29 is 0 Å². The van der Waals surface area contributed by atoms with Gasteiger partial charge in [-0.05, 0) is 19.4 Å². The first-order valence-corrected chi connectivity index (χ1v) is 6.29. The average molecular weight is 187 g/mol. The van der Waals surface area contributed by atoms with Crippen molar-refractivity contribution in [3.63, 3.8) is 0 Å². The molecule has 1 aliphatic heterocycles. The first-order chi connectivity index (χ1) is 5.88. The molecule has 0 bridgehead atoms. The van der Waals surface area contributed by atoms with Gasteiger partial charge in [-0.15, -0.1) is 11.8 Å². The van der Waals surface area contributed by atoms with Crippen molar-refractivity contribution in [3.05, 3.63) is 0 Å². The summed E-state index contributed by atoms with van der Waals surface area (Å²) in [5, 5.41) is 0.849. The van der Waals surface area contributed by atoms with Crippen LogP contribution >= 0.6 is 11.8 Å². The Labute approximate surface area is 80.9 Å². The third-order valence-corrected chi connectivity index (χ3v) is 3.77. The van der Waals surface area contributed by atoms with Crippen molar-refractivity contribution in [1.29, 1.82) is 0 Å². The van der Waals surface area contributed by atoms with E-state index in [0.29, 0.717) is 0 Å². The molecular weight excluding hydrogens is 166 g/mol. The highest BCUT2D eigenvalue weighted by Gasteiger charge is 2.22. The van der Waals surface area contributed by atoms with E-state index in [1.165, 1.54) is 44.5 Å². The lowest BCUT2D eigenvalue weighted by Crippen LogP contribution is -2.29. The molecule has 0 spiro atoms. The lowest BCUT2D eigenvalue weighted by Gasteiger charge is -2.22. The fourth-order valence-corrected chi connectivity index (χ4v) is 3.12. The number of thioether (sulfide) groups is 1. The van der Waals surface area contributed by atoms with Crippen LogP contribution in [0.25, 0.3) is 0 Å². The first kappa shape index (κ1) is 10.4. The molecule has 12 heavy (non-hydrogen) atoms. The van der Waals surface area contributed by atoms with Crippen LogP contribution in [0.4, 0.5) is 0 Å². The second kappa shape index (κ2) is 5.87. The Balaban J connectivity index is 2.20. The molecular formula is C10H21NS. The molecule has 0 radical (unpaired) electrons. The van der Waals surface area contributed by atoms with Gasteiger partial charge in [0.25, 0.3) is 0 Å². The maximum atomic E-state index is 2.66. The minimum atomic E-state index is 0.849. The molecule has 2 heteroatoms. The molecule has 1 unspecified atom stereocenters. The summed E-state index contributed by atoms with van der Waals surface area (Å²) >= 11 is 2.15. The molecule has 0 aromatic carbocycles. The lowest BCUT2D eigenvalue weighted by atomic mass is 10.2. The van der Waals surface area contributed by atoms with Crippen LogP contribution in [0.2, 0.25) is 0 Å². The molecule has 72 valence electrons. The fourth-order valence-electron chi connectivity index (χ4n) is 1.69. The minimum absolute atomic E-state index is 0.849. The quantitative estimate of drug-likeness (QED) is 0.651. The number of unbranched alkanes of at least 4 members (excludes halogenated alkanes) is 1. The largest absolute Gasteiger partial charge is 0.291 e. The number of hydrogen-bond donors (Lipinski definition) is 0. The van der Waals surface area contributed by atoms with Crippen LogP contribution in [0.15, 0.2) is 0 Å². The second-order valence-corrected chi connectivity index (χ2v) is 4.79. The Hall–Kier alpha value is 0.310. The van der Waals surface area contributed by atoms with Crippen molar-refractivity contribution in [1.82, 2.24) is 4.90 Å². The van der Waals surface area contributed by atoms with Crippen LogP contribution in [-0.4, -0.2) is 29.1 Å². The third kappa shape index (κ3) is 2.98. The Morgan fingerprint density at radius 1 is 1.33 bits per heavy atom. The molecule has 0 aliphatic carbocycles. The Bertz CT molecular complexity index is 116. The number of hydrogen-bond acceptors (Lipinski definition) is 2. The van der Waals surface area contributed by atoms with Crippen molar-refractivity contribution in [2.24, 2.45) is 0 Å². The predicted octanol–water partition coefficient (Wildman–Crippen LogP) is 2.96. The van der Waals surface area contributed by atoms with Gasteiger partial charge in [-0.1, -0.05) is 26.7 Å². The van der Waals surface area contributed by atoms with Crippen LogP contribution in [0.3, 0.4) is 0 Å². The Kier molecular flexibility index (Phi) is 5.08. The predicted molar refractivity (Wildman–Crippen MR) is 57.6 cm³/mol. The van der Waals surface area contributed by atoms with Crippen molar-refractivity contribution >= 4 is 11.8 Å². The van der Waals surface area contributed by atoms with Gasteiger partial charge in [-0.3, -0.25) is 4.90 Å². The highest BCUT2D eigenvalue weighted by molar-refractivity contribution is 8.00. The van der Waals surface area contributed by atoms with Gasteiger partial charge in [-0.25, -0.2) is 0 Å². The zero-order chi connectivity index (χ0) is 8.81. The molecule has 0 aromatic heterocycles. The summed E-state index contributed by atoms with van der Waals surface area (Å²) in [6, 6.07) is 0. The average Bonchev–Trinajstić information content (AvgIpc) is 2.50. The smallest absolute Gasteiger partial charge is 0.0557 e. The molecule has 1 fully saturated rings. The molecule has 0 saturated carbocycles. The van der Waals surface area contributed by atoms with Gasteiger partial charge in [0.1, 0.15) is 0 Å². The van der Waals surface area contributed by atoms with Gasteiger partial charge in [0, 0.05) is 12.3 Å². The van der Waals surface area contributed by atoms with Crippen molar-refractivity contribution in [3.8, 4) is 0 Å². The van der Waals surface area contributed by atoms with Gasteiger partial charge >= 0.3 is 0 Å². The van der Waals surface area contributed by atoms with Gasteiger partial charge in [0.2, 0.25) is 0 Å². The monoisotopic (exact) mass is 187 g/mol. The summed E-state index contributed by atoms with van der Waals surface area (Å²) in [4.78, 5) is 2.66. The summed E-state index contributed by atoms with van der Waals surface area (Å²) in [5.41, 5.74) is 0. The molecule has 0 N–H and O–H groups in total. The Morgan fingerprint density at radius 2 is 2.17 bits per heavy atom. The topological polar surface area (TPSA) is 3.24 Å². The molecule has 1 saturated heterocycles. The number of nitrogens with zero attached hydrogens (tertiary/aromatic N) is 1. The minimum Gasteiger partial charge on any atom is -0.291 e. The van der Waals surface area contributed by atoms with E-state index in [-0.39, 0.29) is 0 Å². The number of rotatable bonds is 5. The van der Waals surface area contributed by atoms with Crippen LogP contribution in [0.1, 0.15) is 39.5 Å². The summed E-state index contributed by atoms with van der Waals surface area (Å²) in [6.45, 7) is 7.22. The van der Waals surface area contributed by atoms with E-state index in [2.05, 4.69) is 30.5 Å². The van der Waals surface area contributed by atoms with E-state index in [1.54, 1.807) is 0 Å². The highest BCUT2D eigenvalue weighted by Crippen LogP contribution is 2.27. The maximum absolute atomic E-state index is 2.66. The fraction of sp³-hybridized carbons (Fsp3) is 1.00. The van der Waals surface area contributed by atoms with E-state index in [4.69, 9.17) is 0 Å². The molecule has 1 heterocycles. The van der Waals surface area contributed by atoms with Crippen LogP contribution in [0, 0.1) is 0 Å². The molecule has 0 aromatic rings. The summed E-state index contributed by atoms with van der Waals surface area (Å²) < 4.78 is 0. The molecule has 0 amide bonds. The normalized spacial score (nSPS) is 25.0. The van der Waals surface area contributed by atoms with Crippen LogP contribution in [0.5, 0.6) is 0 Å². The summed E-state index contributed by atoms with van der Waals surface area (Å²) in [6.07, 6.45) is 5.43. The zero-order valence-electron chi connectivity index (χ0n) is 8.38.